The Bertz CT molecular complexity index is 534. The standard InChI is InChI=1S/C19H32N4OS/c1-4-6-15-8-10-16(11-9-15)22-19(21-14-18(24)23(2)3)20-13-17-7-5-12-25-17/h5,7,12,15-16H,4,6,8-11,13-14H2,1-3H3,(H2,20,21,22). The van der Waals surface area contributed by atoms with Gasteiger partial charge >= 0.3 is 0 Å². The van der Waals surface area contributed by atoms with Crippen LogP contribution >= 0.6 is 11.3 Å². The van der Waals surface area contributed by atoms with Crippen molar-refractivity contribution in [3.05, 3.63) is 22.4 Å². The van der Waals surface area contributed by atoms with Crippen molar-refractivity contribution in [3.8, 4) is 0 Å². The molecule has 2 N–H and O–H groups in total. The summed E-state index contributed by atoms with van der Waals surface area (Å²) in [4.78, 5) is 19.2. The topological polar surface area (TPSA) is 56.7 Å². The molecule has 0 atom stereocenters. The first-order valence-electron chi connectivity index (χ1n) is 9.35. The Morgan fingerprint density at radius 2 is 2.08 bits per heavy atom. The van der Waals surface area contributed by atoms with Crippen molar-refractivity contribution in [2.45, 2.75) is 58.0 Å². The molecule has 0 spiro atoms. The molecule has 1 aliphatic carbocycles. The summed E-state index contributed by atoms with van der Waals surface area (Å²) < 4.78 is 0. The summed E-state index contributed by atoms with van der Waals surface area (Å²) in [5.41, 5.74) is 0. The number of hydrogen-bond donors (Lipinski definition) is 2. The Balaban J connectivity index is 1.89. The van der Waals surface area contributed by atoms with Gasteiger partial charge in [-0.1, -0.05) is 25.8 Å². The van der Waals surface area contributed by atoms with Crippen LogP contribution in [0, 0.1) is 5.92 Å². The van der Waals surface area contributed by atoms with E-state index in [0.29, 0.717) is 6.04 Å². The molecule has 0 unspecified atom stereocenters. The molecular weight excluding hydrogens is 332 g/mol. The summed E-state index contributed by atoms with van der Waals surface area (Å²) in [5, 5.41) is 9.00. The van der Waals surface area contributed by atoms with Gasteiger partial charge < -0.3 is 15.5 Å². The predicted molar refractivity (Wildman–Crippen MR) is 106 cm³/mol. The van der Waals surface area contributed by atoms with E-state index in [4.69, 9.17) is 0 Å². The minimum absolute atomic E-state index is 0.0175. The van der Waals surface area contributed by atoms with Crippen molar-refractivity contribution in [3.63, 3.8) is 0 Å². The van der Waals surface area contributed by atoms with Crippen LogP contribution in [-0.2, 0) is 11.3 Å². The summed E-state index contributed by atoms with van der Waals surface area (Å²) in [6.45, 7) is 3.19. The zero-order chi connectivity index (χ0) is 18.1. The third-order valence-corrected chi connectivity index (χ3v) is 5.64. The average Bonchev–Trinajstić information content (AvgIpc) is 3.12. The van der Waals surface area contributed by atoms with Crippen LogP contribution in [0.1, 0.15) is 50.3 Å². The Labute approximate surface area is 155 Å². The number of likely N-dealkylation sites (N-methyl/N-ethyl adjacent to an activating group) is 1. The molecule has 6 heteroatoms. The van der Waals surface area contributed by atoms with Crippen LogP contribution in [0.2, 0.25) is 0 Å². The fraction of sp³-hybridized carbons (Fsp3) is 0.684. The van der Waals surface area contributed by atoms with Gasteiger partial charge in [0.15, 0.2) is 5.96 Å². The molecular formula is C19H32N4OS. The fourth-order valence-electron chi connectivity index (χ4n) is 3.22. The lowest BCUT2D eigenvalue weighted by molar-refractivity contribution is -0.127. The van der Waals surface area contributed by atoms with Crippen LogP contribution in [0.15, 0.2) is 22.5 Å². The largest absolute Gasteiger partial charge is 0.354 e. The van der Waals surface area contributed by atoms with E-state index in [2.05, 4.69) is 40.1 Å². The van der Waals surface area contributed by atoms with Crippen LogP contribution in [0.25, 0.3) is 0 Å². The minimum atomic E-state index is 0.0175. The van der Waals surface area contributed by atoms with Crippen molar-refractivity contribution in [1.82, 2.24) is 15.5 Å². The van der Waals surface area contributed by atoms with Gasteiger partial charge in [-0.25, -0.2) is 4.99 Å². The molecule has 0 aliphatic heterocycles. The smallest absolute Gasteiger partial charge is 0.243 e. The first kappa shape index (κ1) is 19.8. The second kappa shape index (κ2) is 10.4. The fourth-order valence-corrected chi connectivity index (χ4v) is 3.87. The minimum Gasteiger partial charge on any atom is -0.354 e. The number of hydrogen-bond acceptors (Lipinski definition) is 3. The van der Waals surface area contributed by atoms with Gasteiger partial charge in [0.25, 0.3) is 0 Å². The SMILES string of the molecule is CCCC1CCC(NC(=NCC(=O)N(C)C)NCc2cccs2)CC1. The Kier molecular flexibility index (Phi) is 8.25. The molecule has 1 saturated carbocycles. The van der Waals surface area contributed by atoms with Crippen molar-refractivity contribution < 1.29 is 4.79 Å². The number of aliphatic imine (C=N–C) groups is 1. The van der Waals surface area contributed by atoms with Crippen LogP contribution in [0.3, 0.4) is 0 Å². The van der Waals surface area contributed by atoms with Gasteiger partial charge in [-0.05, 0) is 43.0 Å². The quantitative estimate of drug-likeness (QED) is 0.577. The normalized spacial score (nSPS) is 21.0. The van der Waals surface area contributed by atoms with E-state index in [9.17, 15) is 4.79 Å². The molecule has 0 aromatic carbocycles. The summed E-state index contributed by atoms with van der Waals surface area (Å²) in [6.07, 6.45) is 7.59. The van der Waals surface area contributed by atoms with Gasteiger partial charge in [0.2, 0.25) is 5.91 Å². The second-order valence-electron chi connectivity index (χ2n) is 7.04. The van der Waals surface area contributed by atoms with Gasteiger partial charge in [0.1, 0.15) is 6.54 Å². The number of rotatable bonds is 7. The maximum atomic E-state index is 11.9. The molecule has 140 valence electrons. The molecule has 25 heavy (non-hydrogen) atoms. The predicted octanol–water partition coefficient (Wildman–Crippen LogP) is 3.23. The van der Waals surface area contributed by atoms with Crippen molar-refractivity contribution in [1.29, 1.82) is 0 Å². The lowest BCUT2D eigenvalue weighted by atomic mass is 9.83. The second-order valence-corrected chi connectivity index (χ2v) is 8.07. The third kappa shape index (κ3) is 7.06. The summed E-state index contributed by atoms with van der Waals surface area (Å²) in [7, 11) is 3.53. The molecule has 5 nitrogen and oxygen atoms in total. The highest BCUT2D eigenvalue weighted by Gasteiger charge is 2.21. The number of carbonyl (C=O) groups is 1. The van der Waals surface area contributed by atoms with Crippen LogP contribution in [0.5, 0.6) is 0 Å². The molecule has 1 heterocycles. The Hall–Kier alpha value is -1.56. The highest BCUT2D eigenvalue weighted by molar-refractivity contribution is 7.09. The molecule has 1 amide bonds. The van der Waals surface area contributed by atoms with E-state index in [1.54, 1.807) is 30.3 Å². The van der Waals surface area contributed by atoms with Crippen LogP contribution < -0.4 is 10.6 Å². The number of carbonyl (C=O) groups excluding carboxylic acids is 1. The lowest BCUT2D eigenvalue weighted by Gasteiger charge is -2.30. The Morgan fingerprint density at radius 1 is 1.32 bits per heavy atom. The maximum Gasteiger partial charge on any atom is 0.243 e. The molecule has 1 aromatic heterocycles. The molecule has 1 fully saturated rings. The molecule has 0 bridgehead atoms. The van der Waals surface area contributed by atoms with Crippen LogP contribution in [-0.4, -0.2) is 43.4 Å². The number of nitrogens with one attached hydrogen (secondary N) is 2. The van der Waals surface area contributed by atoms with E-state index < -0.39 is 0 Å². The number of nitrogens with zero attached hydrogens (tertiary/aromatic N) is 2. The number of thiophene rings is 1. The van der Waals surface area contributed by atoms with Crippen LogP contribution in [0.4, 0.5) is 0 Å². The van der Waals surface area contributed by atoms with Gasteiger partial charge in [-0.15, -0.1) is 11.3 Å². The monoisotopic (exact) mass is 364 g/mol. The van der Waals surface area contributed by atoms with Crippen molar-refractivity contribution >= 4 is 23.2 Å². The lowest BCUT2D eigenvalue weighted by Crippen LogP contribution is -2.45. The van der Waals surface area contributed by atoms with E-state index in [-0.39, 0.29) is 12.5 Å². The summed E-state index contributed by atoms with van der Waals surface area (Å²) in [6, 6.07) is 4.62. The molecule has 0 radical (unpaired) electrons. The molecule has 0 saturated heterocycles. The van der Waals surface area contributed by atoms with E-state index in [0.717, 1.165) is 18.4 Å². The van der Waals surface area contributed by atoms with Gasteiger partial charge in [0.05, 0.1) is 6.54 Å². The van der Waals surface area contributed by atoms with E-state index in [1.165, 1.54) is 43.4 Å². The van der Waals surface area contributed by atoms with E-state index >= 15 is 0 Å². The zero-order valence-electron chi connectivity index (χ0n) is 15.8. The molecule has 2 rings (SSSR count). The average molecular weight is 365 g/mol. The van der Waals surface area contributed by atoms with E-state index in [1.807, 2.05) is 0 Å². The first-order chi connectivity index (χ1) is 12.1. The number of amides is 1. The van der Waals surface area contributed by atoms with Gasteiger partial charge in [0, 0.05) is 25.0 Å². The zero-order valence-corrected chi connectivity index (χ0v) is 16.6. The van der Waals surface area contributed by atoms with Crippen molar-refractivity contribution in [2.24, 2.45) is 10.9 Å². The van der Waals surface area contributed by atoms with Gasteiger partial charge in [-0.3, -0.25) is 4.79 Å². The maximum absolute atomic E-state index is 11.9. The van der Waals surface area contributed by atoms with Gasteiger partial charge in [-0.2, -0.15) is 0 Å². The summed E-state index contributed by atoms with van der Waals surface area (Å²) >= 11 is 1.73. The highest BCUT2D eigenvalue weighted by atomic mass is 32.1. The third-order valence-electron chi connectivity index (χ3n) is 4.77. The number of guanidine groups is 1. The Morgan fingerprint density at radius 3 is 2.68 bits per heavy atom. The first-order valence-corrected chi connectivity index (χ1v) is 10.2. The van der Waals surface area contributed by atoms with Crippen molar-refractivity contribution in [2.75, 3.05) is 20.6 Å². The summed E-state index contributed by atoms with van der Waals surface area (Å²) in [5.74, 6) is 1.66. The highest BCUT2D eigenvalue weighted by Crippen LogP contribution is 2.27. The molecule has 1 aromatic rings. The molecule has 1 aliphatic rings.